The van der Waals surface area contributed by atoms with Crippen molar-refractivity contribution in [1.29, 1.82) is 0 Å². The molecule has 0 aliphatic carbocycles. The van der Waals surface area contributed by atoms with Gasteiger partial charge in [0.05, 0.1) is 0 Å². The third-order valence-electron chi connectivity index (χ3n) is 4.64. The smallest absolute Gasteiger partial charge is 0.253 e. The van der Waals surface area contributed by atoms with E-state index in [0.717, 1.165) is 42.7 Å². The molecule has 1 amide bonds. The monoisotopic (exact) mass is 388 g/mol. The zero-order valence-electron chi connectivity index (χ0n) is 17.4. The maximum absolute atomic E-state index is 12.8. The highest BCUT2D eigenvalue weighted by molar-refractivity contribution is 5.95. The van der Waals surface area contributed by atoms with Crippen molar-refractivity contribution in [2.45, 2.75) is 33.6 Å². The minimum atomic E-state index is 0.0630. The second-order valence-electron chi connectivity index (χ2n) is 7.16. The lowest BCUT2D eigenvalue weighted by Gasteiger charge is -2.21. The first-order valence-electron chi connectivity index (χ1n) is 10.2. The first-order valence-corrected chi connectivity index (χ1v) is 10.2. The van der Waals surface area contributed by atoms with E-state index in [9.17, 15) is 4.79 Å². The molecule has 3 rings (SSSR count). The summed E-state index contributed by atoms with van der Waals surface area (Å²) >= 11 is 0. The van der Waals surface area contributed by atoms with Crippen LogP contribution in [0.5, 0.6) is 0 Å². The SMILES string of the molecule is CCCN(CCC)C(=O)c1cccc(Nc2ncc(-c3cccc(C)c3)cn2)c1. The fourth-order valence-corrected chi connectivity index (χ4v) is 3.26. The Morgan fingerprint density at radius 1 is 0.931 bits per heavy atom. The van der Waals surface area contributed by atoms with Crippen molar-refractivity contribution in [2.24, 2.45) is 0 Å². The molecule has 0 aliphatic heterocycles. The number of rotatable bonds is 8. The molecule has 1 aromatic heterocycles. The molecule has 150 valence electrons. The molecule has 1 N–H and O–H groups in total. The number of nitrogens with zero attached hydrogens (tertiary/aromatic N) is 3. The van der Waals surface area contributed by atoms with Gasteiger partial charge in [0.2, 0.25) is 5.95 Å². The van der Waals surface area contributed by atoms with E-state index >= 15 is 0 Å². The van der Waals surface area contributed by atoms with Crippen molar-refractivity contribution in [3.8, 4) is 11.1 Å². The molecule has 0 spiro atoms. The highest BCUT2D eigenvalue weighted by Crippen LogP contribution is 2.21. The Hall–Kier alpha value is -3.21. The average molecular weight is 389 g/mol. The van der Waals surface area contributed by atoms with Crippen molar-refractivity contribution in [2.75, 3.05) is 18.4 Å². The van der Waals surface area contributed by atoms with Gasteiger partial charge in [0.15, 0.2) is 0 Å². The number of hydrogen-bond acceptors (Lipinski definition) is 4. The van der Waals surface area contributed by atoms with Crippen LogP contribution in [-0.2, 0) is 0 Å². The molecule has 2 aromatic carbocycles. The number of amides is 1. The zero-order valence-corrected chi connectivity index (χ0v) is 17.4. The van der Waals surface area contributed by atoms with Gasteiger partial charge in [-0.25, -0.2) is 9.97 Å². The van der Waals surface area contributed by atoms with E-state index in [1.807, 2.05) is 53.7 Å². The number of hydrogen-bond donors (Lipinski definition) is 1. The molecule has 5 heteroatoms. The van der Waals surface area contributed by atoms with Crippen molar-refractivity contribution < 1.29 is 4.79 Å². The Kier molecular flexibility index (Phi) is 6.95. The van der Waals surface area contributed by atoms with E-state index in [-0.39, 0.29) is 5.91 Å². The summed E-state index contributed by atoms with van der Waals surface area (Å²) < 4.78 is 0. The molecule has 0 saturated carbocycles. The number of carbonyl (C=O) groups excluding carboxylic acids is 1. The van der Waals surface area contributed by atoms with E-state index in [1.54, 1.807) is 0 Å². The highest BCUT2D eigenvalue weighted by Gasteiger charge is 2.14. The molecule has 0 saturated heterocycles. The van der Waals surface area contributed by atoms with Gasteiger partial charge >= 0.3 is 0 Å². The van der Waals surface area contributed by atoms with Gasteiger partial charge in [-0.2, -0.15) is 0 Å². The molecule has 5 nitrogen and oxygen atoms in total. The second kappa shape index (κ2) is 9.82. The van der Waals surface area contributed by atoms with Crippen LogP contribution in [0.3, 0.4) is 0 Å². The Balaban J connectivity index is 1.74. The van der Waals surface area contributed by atoms with Crippen LogP contribution in [0.4, 0.5) is 11.6 Å². The summed E-state index contributed by atoms with van der Waals surface area (Å²) in [5.41, 5.74) is 4.74. The van der Waals surface area contributed by atoms with Gasteiger partial charge in [-0.3, -0.25) is 4.79 Å². The van der Waals surface area contributed by atoms with E-state index in [4.69, 9.17) is 0 Å². The summed E-state index contributed by atoms with van der Waals surface area (Å²) in [6.45, 7) is 7.79. The van der Waals surface area contributed by atoms with Gasteiger partial charge in [-0.15, -0.1) is 0 Å². The molecular weight excluding hydrogens is 360 g/mol. The largest absolute Gasteiger partial charge is 0.339 e. The number of anilines is 2. The van der Waals surface area contributed by atoms with Crippen molar-refractivity contribution in [3.05, 3.63) is 72.1 Å². The van der Waals surface area contributed by atoms with Crippen molar-refractivity contribution >= 4 is 17.5 Å². The number of benzene rings is 2. The minimum absolute atomic E-state index is 0.0630. The second-order valence-corrected chi connectivity index (χ2v) is 7.16. The van der Waals surface area contributed by atoms with Gasteiger partial charge in [0, 0.05) is 42.3 Å². The third kappa shape index (κ3) is 5.41. The lowest BCUT2D eigenvalue weighted by molar-refractivity contribution is 0.0755. The maximum atomic E-state index is 12.8. The van der Waals surface area contributed by atoms with Crippen molar-refractivity contribution in [1.82, 2.24) is 14.9 Å². The number of aryl methyl sites for hydroxylation is 1. The normalized spacial score (nSPS) is 10.6. The fraction of sp³-hybridized carbons (Fsp3) is 0.292. The van der Waals surface area contributed by atoms with Crippen LogP contribution in [0.1, 0.15) is 42.6 Å². The van der Waals surface area contributed by atoms with Crippen LogP contribution in [0.25, 0.3) is 11.1 Å². The topological polar surface area (TPSA) is 58.1 Å². The third-order valence-corrected chi connectivity index (χ3v) is 4.64. The average Bonchev–Trinajstić information content (AvgIpc) is 2.74. The van der Waals surface area contributed by atoms with Crippen molar-refractivity contribution in [3.63, 3.8) is 0 Å². The van der Waals surface area contributed by atoms with Gasteiger partial charge < -0.3 is 10.2 Å². The Morgan fingerprint density at radius 3 is 2.28 bits per heavy atom. The van der Waals surface area contributed by atoms with E-state index in [2.05, 4.69) is 48.2 Å². The van der Waals surface area contributed by atoms with Gasteiger partial charge in [0.25, 0.3) is 5.91 Å². The molecule has 0 atom stereocenters. The molecule has 0 aliphatic rings. The molecule has 0 fully saturated rings. The summed E-state index contributed by atoms with van der Waals surface area (Å²) in [6, 6.07) is 15.8. The van der Waals surface area contributed by atoms with Gasteiger partial charge in [0.1, 0.15) is 0 Å². The first-order chi connectivity index (χ1) is 14.1. The number of aromatic nitrogens is 2. The Bertz CT molecular complexity index is 947. The minimum Gasteiger partial charge on any atom is -0.339 e. The molecule has 0 unspecified atom stereocenters. The highest BCUT2D eigenvalue weighted by atomic mass is 16.2. The molecule has 1 heterocycles. The zero-order chi connectivity index (χ0) is 20.6. The maximum Gasteiger partial charge on any atom is 0.253 e. The summed E-state index contributed by atoms with van der Waals surface area (Å²) in [6.07, 6.45) is 5.52. The van der Waals surface area contributed by atoms with Gasteiger partial charge in [-0.1, -0.05) is 49.7 Å². The Labute approximate surface area is 172 Å². The van der Waals surface area contributed by atoms with E-state index < -0.39 is 0 Å². The summed E-state index contributed by atoms with van der Waals surface area (Å²) in [7, 11) is 0. The van der Waals surface area contributed by atoms with Crippen LogP contribution in [-0.4, -0.2) is 33.9 Å². The molecule has 29 heavy (non-hydrogen) atoms. The predicted octanol–water partition coefficient (Wildman–Crippen LogP) is 5.46. The molecule has 0 bridgehead atoms. The first kappa shape index (κ1) is 20.5. The molecular formula is C24H28N4O. The Morgan fingerprint density at radius 2 is 1.62 bits per heavy atom. The van der Waals surface area contributed by atoms with Crippen LogP contribution in [0.2, 0.25) is 0 Å². The number of nitrogens with one attached hydrogen (secondary N) is 1. The van der Waals surface area contributed by atoms with E-state index in [0.29, 0.717) is 11.5 Å². The fourth-order valence-electron chi connectivity index (χ4n) is 3.26. The standard InChI is InChI=1S/C24H28N4O/c1-4-12-28(13-5-2)23(29)20-10-7-11-22(15-20)27-24-25-16-21(17-26-24)19-9-6-8-18(3)14-19/h6-11,14-17H,4-5,12-13H2,1-3H3,(H,25,26,27). The van der Waals surface area contributed by atoms with Gasteiger partial charge in [-0.05, 0) is 43.5 Å². The van der Waals surface area contributed by atoms with Crippen LogP contribution >= 0.6 is 0 Å². The van der Waals surface area contributed by atoms with Crippen LogP contribution < -0.4 is 5.32 Å². The summed E-state index contributed by atoms with van der Waals surface area (Å²) in [5.74, 6) is 0.568. The lowest BCUT2D eigenvalue weighted by Crippen LogP contribution is -2.32. The van der Waals surface area contributed by atoms with Crippen LogP contribution in [0.15, 0.2) is 60.9 Å². The lowest BCUT2D eigenvalue weighted by atomic mass is 10.1. The summed E-state index contributed by atoms with van der Waals surface area (Å²) in [4.78, 5) is 23.6. The van der Waals surface area contributed by atoms with E-state index in [1.165, 1.54) is 5.56 Å². The van der Waals surface area contributed by atoms with Crippen LogP contribution in [0, 0.1) is 6.92 Å². The quantitative estimate of drug-likeness (QED) is 0.557. The molecule has 0 radical (unpaired) electrons. The predicted molar refractivity (Wildman–Crippen MR) is 118 cm³/mol. The molecule has 3 aromatic rings. The summed E-state index contributed by atoms with van der Waals surface area (Å²) in [5, 5.41) is 3.20. The number of carbonyl (C=O) groups is 1.